The minimum atomic E-state index is 0.398. The van der Waals surface area contributed by atoms with Gasteiger partial charge in [0.15, 0.2) is 5.82 Å². The number of benzene rings is 1. The van der Waals surface area contributed by atoms with Crippen LogP contribution >= 0.6 is 0 Å². The average molecular weight is 341 g/mol. The van der Waals surface area contributed by atoms with Gasteiger partial charge in [-0.2, -0.15) is 4.80 Å². The molecular weight excluding hydrogens is 314 g/mol. The Labute approximate surface area is 149 Å². The lowest BCUT2D eigenvalue weighted by molar-refractivity contribution is 0.0835. The van der Waals surface area contributed by atoms with Crippen LogP contribution in [0.4, 0.5) is 0 Å². The summed E-state index contributed by atoms with van der Waals surface area (Å²) >= 11 is 0. The summed E-state index contributed by atoms with van der Waals surface area (Å²) in [7, 11) is 0. The Bertz CT molecular complexity index is 657. The van der Waals surface area contributed by atoms with Gasteiger partial charge in [-0.15, -0.1) is 10.2 Å². The van der Waals surface area contributed by atoms with E-state index in [4.69, 9.17) is 4.74 Å². The summed E-state index contributed by atoms with van der Waals surface area (Å²) in [6.07, 6.45) is 6.06. The molecule has 1 aromatic carbocycles. The zero-order valence-corrected chi connectivity index (χ0v) is 14.8. The Kier molecular flexibility index (Phi) is 5.37. The van der Waals surface area contributed by atoms with Crippen LogP contribution in [0, 0.1) is 0 Å². The summed E-state index contributed by atoms with van der Waals surface area (Å²) in [5.41, 5.74) is 2.61. The number of likely N-dealkylation sites (tertiary alicyclic amines) is 1. The van der Waals surface area contributed by atoms with Crippen LogP contribution in [0.1, 0.15) is 55.0 Å². The van der Waals surface area contributed by atoms with Crippen LogP contribution in [-0.2, 0) is 17.8 Å². The van der Waals surface area contributed by atoms with Crippen molar-refractivity contribution in [2.45, 2.75) is 51.1 Å². The minimum Gasteiger partial charge on any atom is -0.381 e. The molecule has 6 nitrogen and oxygen atoms in total. The summed E-state index contributed by atoms with van der Waals surface area (Å²) < 4.78 is 5.40. The third-order valence-electron chi connectivity index (χ3n) is 5.26. The standard InChI is InChI=1S/C19H27N5O/c1-2-10-23(11-3-1)14-16-4-6-17(7-5-16)15-24-21-19(20-22-24)18-8-12-25-13-9-18/h4-7,18H,1-3,8-15H2. The molecule has 0 aliphatic carbocycles. The molecule has 0 unspecified atom stereocenters. The van der Waals surface area contributed by atoms with E-state index in [1.807, 2.05) is 0 Å². The molecular formula is C19H27N5O. The first kappa shape index (κ1) is 16.7. The van der Waals surface area contributed by atoms with Crippen LogP contribution < -0.4 is 0 Å². The van der Waals surface area contributed by atoms with Crippen molar-refractivity contribution in [3.05, 3.63) is 41.2 Å². The molecule has 2 aliphatic rings. The second-order valence-corrected chi connectivity index (χ2v) is 7.22. The highest BCUT2D eigenvalue weighted by molar-refractivity contribution is 5.22. The van der Waals surface area contributed by atoms with E-state index < -0.39 is 0 Å². The number of ether oxygens (including phenoxy) is 1. The smallest absolute Gasteiger partial charge is 0.178 e. The molecule has 0 spiro atoms. The van der Waals surface area contributed by atoms with Crippen molar-refractivity contribution in [2.75, 3.05) is 26.3 Å². The predicted molar refractivity (Wildman–Crippen MR) is 95.3 cm³/mol. The largest absolute Gasteiger partial charge is 0.381 e. The van der Waals surface area contributed by atoms with Crippen molar-refractivity contribution < 1.29 is 4.74 Å². The molecule has 3 heterocycles. The Hall–Kier alpha value is -1.79. The first-order valence-corrected chi connectivity index (χ1v) is 9.52. The Morgan fingerprint density at radius 3 is 2.32 bits per heavy atom. The van der Waals surface area contributed by atoms with Gasteiger partial charge in [0.05, 0.1) is 6.54 Å². The van der Waals surface area contributed by atoms with Gasteiger partial charge in [0.1, 0.15) is 0 Å². The number of aromatic nitrogens is 4. The van der Waals surface area contributed by atoms with E-state index in [0.29, 0.717) is 12.5 Å². The van der Waals surface area contributed by atoms with E-state index >= 15 is 0 Å². The number of hydrogen-bond acceptors (Lipinski definition) is 5. The highest BCUT2D eigenvalue weighted by Gasteiger charge is 2.20. The van der Waals surface area contributed by atoms with E-state index in [1.54, 1.807) is 4.80 Å². The molecule has 2 aromatic rings. The van der Waals surface area contributed by atoms with Gasteiger partial charge in [0.25, 0.3) is 0 Å². The maximum Gasteiger partial charge on any atom is 0.178 e. The molecule has 0 bridgehead atoms. The Morgan fingerprint density at radius 1 is 0.920 bits per heavy atom. The van der Waals surface area contributed by atoms with Gasteiger partial charge < -0.3 is 4.74 Å². The number of rotatable bonds is 5. The van der Waals surface area contributed by atoms with Crippen LogP contribution in [-0.4, -0.2) is 51.4 Å². The van der Waals surface area contributed by atoms with E-state index in [2.05, 4.69) is 44.6 Å². The molecule has 2 fully saturated rings. The summed E-state index contributed by atoms with van der Waals surface area (Å²) in [5.74, 6) is 1.26. The van der Waals surface area contributed by atoms with Gasteiger partial charge in [0.2, 0.25) is 0 Å². The SMILES string of the molecule is c1cc(Cn2nnc(C3CCOCC3)n2)ccc1CN1CCCCC1. The van der Waals surface area contributed by atoms with Gasteiger partial charge in [-0.1, -0.05) is 30.7 Å². The molecule has 2 aliphatic heterocycles. The Balaban J connectivity index is 1.33. The van der Waals surface area contributed by atoms with E-state index in [9.17, 15) is 0 Å². The summed E-state index contributed by atoms with van der Waals surface area (Å²) in [5, 5.41) is 13.1. The molecule has 0 radical (unpaired) electrons. The highest BCUT2D eigenvalue weighted by Crippen LogP contribution is 2.23. The summed E-state index contributed by atoms with van der Waals surface area (Å²) in [6.45, 7) is 5.82. The van der Waals surface area contributed by atoms with Crippen LogP contribution in [0.2, 0.25) is 0 Å². The van der Waals surface area contributed by atoms with E-state index in [0.717, 1.165) is 38.4 Å². The average Bonchev–Trinajstić information content (AvgIpc) is 3.14. The molecule has 0 amide bonds. The van der Waals surface area contributed by atoms with Crippen LogP contribution in [0.15, 0.2) is 24.3 Å². The maximum absolute atomic E-state index is 5.40. The minimum absolute atomic E-state index is 0.398. The molecule has 4 rings (SSSR count). The van der Waals surface area contributed by atoms with Crippen molar-refractivity contribution >= 4 is 0 Å². The molecule has 2 saturated heterocycles. The second-order valence-electron chi connectivity index (χ2n) is 7.22. The highest BCUT2D eigenvalue weighted by atomic mass is 16.5. The lowest BCUT2D eigenvalue weighted by atomic mass is 10.00. The fourth-order valence-electron chi connectivity index (χ4n) is 3.73. The van der Waals surface area contributed by atoms with Crippen molar-refractivity contribution in [2.24, 2.45) is 0 Å². The quantitative estimate of drug-likeness (QED) is 0.837. The molecule has 0 N–H and O–H groups in total. The number of nitrogens with zero attached hydrogens (tertiary/aromatic N) is 5. The zero-order chi connectivity index (χ0) is 16.9. The summed E-state index contributed by atoms with van der Waals surface area (Å²) in [6, 6.07) is 8.86. The number of tetrazole rings is 1. The lowest BCUT2D eigenvalue weighted by Gasteiger charge is -2.26. The third kappa shape index (κ3) is 4.44. The van der Waals surface area contributed by atoms with Crippen molar-refractivity contribution in [3.8, 4) is 0 Å². The summed E-state index contributed by atoms with van der Waals surface area (Å²) in [4.78, 5) is 4.27. The first-order chi connectivity index (χ1) is 12.4. The van der Waals surface area contributed by atoms with Gasteiger partial charge in [0, 0.05) is 25.7 Å². The van der Waals surface area contributed by atoms with Crippen LogP contribution in [0.3, 0.4) is 0 Å². The normalized spacial score (nSPS) is 20.0. The van der Waals surface area contributed by atoms with Crippen molar-refractivity contribution in [3.63, 3.8) is 0 Å². The molecule has 134 valence electrons. The van der Waals surface area contributed by atoms with E-state index in [-0.39, 0.29) is 0 Å². The molecule has 25 heavy (non-hydrogen) atoms. The van der Waals surface area contributed by atoms with Crippen molar-refractivity contribution in [1.82, 2.24) is 25.1 Å². The molecule has 0 atom stereocenters. The molecule has 1 aromatic heterocycles. The molecule has 6 heteroatoms. The van der Waals surface area contributed by atoms with Crippen LogP contribution in [0.5, 0.6) is 0 Å². The molecule has 0 saturated carbocycles. The Morgan fingerprint density at radius 2 is 1.60 bits per heavy atom. The fraction of sp³-hybridized carbons (Fsp3) is 0.632. The van der Waals surface area contributed by atoms with Gasteiger partial charge in [-0.25, -0.2) is 0 Å². The second kappa shape index (κ2) is 8.06. The maximum atomic E-state index is 5.40. The number of hydrogen-bond donors (Lipinski definition) is 0. The topological polar surface area (TPSA) is 56.1 Å². The van der Waals surface area contributed by atoms with Crippen molar-refractivity contribution in [1.29, 1.82) is 0 Å². The van der Waals surface area contributed by atoms with Gasteiger partial charge >= 0.3 is 0 Å². The lowest BCUT2D eigenvalue weighted by Crippen LogP contribution is -2.29. The first-order valence-electron chi connectivity index (χ1n) is 9.52. The third-order valence-corrected chi connectivity index (χ3v) is 5.26. The van der Waals surface area contributed by atoms with Gasteiger partial charge in [-0.3, -0.25) is 4.90 Å². The fourth-order valence-corrected chi connectivity index (χ4v) is 3.73. The number of piperidine rings is 1. The van der Waals surface area contributed by atoms with E-state index in [1.165, 1.54) is 43.5 Å². The van der Waals surface area contributed by atoms with Gasteiger partial charge in [-0.05, 0) is 55.1 Å². The predicted octanol–water partition coefficient (Wildman–Crippen LogP) is 2.60. The van der Waals surface area contributed by atoms with Crippen LogP contribution in [0.25, 0.3) is 0 Å². The monoisotopic (exact) mass is 341 g/mol. The zero-order valence-electron chi connectivity index (χ0n) is 14.8.